The summed E-state index contributed by atoms with van der Waals surface area (Å²) in [6, 6.07) is 0. The Morgan fingerprint density at radius 1 is 1.19 bits per heavy atom. The molecule has 1 fully saturated rings. The van der Waals surface area contributed by atoms with E-state index in [2.05, 4.69) is 46.4 Å². The molecule has 0 aliphatic heterocycles. The second-order valence-electron chi connectivity index (χ2n) is 8.45. The fourth-order valence-electron chi connectivity index (χ4n) is 5.61. The van der Waals surface area contributed by atoms with E-state index in [0.29, 0.717) is 10.8 Å². The van der Waals surface area contributed by atoms with Gasteiger partial charge in [0.2, 0.25) is 0 Å². The maximum Gasteiger partial charge on any atom is -0.00739 e. The second-order valence-corrected chi connectivity index (χ2v) is 8.45. The van der Waals surface area contributed by atoms with E-state index in [0.717, 1.165) is 11.8 Å². The van der Waals surface area contributed by atoms with Crippen LogP contribution in [0.4, 0.5) is 0 Å². The molecule has 0 radical (unpaired) electrons. The molecule has 0 nitrogen and oxygen atoms in total. The van der Waals surface area contributed by atoms with Crippen LogP contribution in [0.25, 0.3) is 0 Å². The van der Waals surface area contributed by atoms with Crippen molar-refractivity contribution < 1.29 is 0 Å². The quantitative estimate of drug-likeness (QED) is 0.511. The molecule has 0 amide bonds. The molecule has 0 spiro atoms. The van der Waals surface area contributed by atoms with E-state index in [4.69, 9.17) is 0 Å². The summed E-state index contributed by atoms with van der Waals surface area (Å²) in [4.78, 5) is 0. The van der Waals surface area contributed by atoms with Crippen LogP contribution < -0.4 is 0 Å². The van der Waals surface area contributed by atoms with Gasteiger partial charge in [-0.2, -0.15) is 0 Å². The van der Waals surface area contributed by atoms with Crippen LogP contribution in [-0.4, -0.2) is 0 Å². The first-order chi connectivity index (χ1) is 9.90. The van der Waals surface area contributed by atoms with Crippen molar-refractivity contribution in [3.8, 4) is 0 Å². The van der Waals surface area contributed by atoms with Crippen molar-refractivity contribution in [3.05, 3.63) is 35.5 Å². The van der Waals surface area contributed by atoms with Gasteiger partial charge in [-0.15, -0.1) is 6.58 Å². The summed E-state index contributed by atoms with van der Waals surface area (Å²) in [6.45, 7) is 13.9. The Labute approximate surface area is 131 Å². The lowest BCUT2D eigenvalue weighted by atomic mass is 9.48. The van der Waals surface area contributed by atoms with Crippen molar-refractivity contribution >= 4 is 0 Å². The van der Waals surface area contributed by atoms with Gasteiger partial charge in [-0.1, -0.05) is 57.4 Å². The summed E-state index contributed by atoms with van der Waals surface area (Å²) >= 11 is 0. The SMILES string of the molecule is C=CC1(C)CCCC2(C)C3=C(C=C(C(C)C)CC3)CCC12. The summed E-state index contributed by atoms with van der Waals surface area (Å²) in [5, 5.41) is 0. The molecule has 116 valence electrons. The Balaban J connectivity index is 2.02. The van der Waals surface area contributed by atoms with Gasteiger partial charge in [0.1, 0.15) is 0 Å². The van der Waals surface area contributed by atoms with Crippen molar-refractivity contribution in [2.45, 2.75) is 72.6 Å². The third-order valence-electron chi connectivity index (χ3n) is 6.99. The summed E-state index contributed by atoms with van der Waals surface area (Å²) in [7, 11) is 0. The van der Waals surface area contributed by atoms with Gasteiger partial charge < -0.3 is 0 Å². The zero-order valence-corrected chi connectivity index (χ0v) is 14.5. The fourth-order valence-corrected chi connectivity index (χ4v) is 5.61. The third-order valence-corrected chi connectivity index (χ3v) is 6.99. The molecule has 3 aliphatic carbocycles. The molecule has 21 heavy (non-hydrogen) atoms. The van der Waals surface area contributed by atoms with Gasteiger partial charge in [0, 0.05) is 0 Å². The zero-order valence-electron chi connectivity index (χ0n) is 14.5. The van der Waals surface area contributed by atoms with Crippen molar-refractivity contribution in [2.75, 3.05) is 0 Å². The van der Waals surface area contributed by atoms with E-state index in [1.165, 1.54) is 44.9 Å². The molecule has 0 heteroatoms. The normalized spacial score (nSPS) is 39.7. The minimum absolute atomic E-state index is 0.355. The number of hydrogen-bond acceptors (Lipinski definition) is 0. The minimum Gasteiger partial charge on any atom is -0.103 e. The summed E-state index contributed by atoms with van der Waals surface area (Å²) in [6.07, 6.45) is 14.2. The van der Waals surface area contributed by atoms with E-state index in [9.17, 15) is 0 Å². The average molecular weight is 284 g/mol. The van der Waals surface area contributed by atoms with Gasteiger partial charge in [0.15, 0.2) is 0 Å². The van der Waals surface area contributed by atoms with E-state index in [1.807, 2.05) is 5.57 Å². The highest BCUT2D eigenvalue weighted by Crippen LogP contribution is 2.61. The molecule has 0 aromatic carbocycles. The van der Waals surface area contributed by atoms with Crippen molar-refractivity contribution in [1.82, 2.24) is 0 Å². The molecule has 0 N–H and O–H groups in total. The van der Waals surface area contributed by atoms with Gasteiger partial charge in [0.05, 0.1) is 0 Å². The summed E-state index contributed by atoms with van der Waals surface area (Å²) in [5.74, 6) is 1.53. The van der Waals surface area contributed by atoms with Crippen molar-refractivity contribution in [3.63, 3.8) is 0 Å². The molecule has 0 aromatic rings. The van der Waals surface area contributed by atoms with Crippen LogP contribution in [0.3, 0.4) is 0 Å². The van der Waals surface area contributed by atoms with Crippen LogP contribution in [0, 0.1) is 22.7 Å². The van der Waals surface area contributed by atoms with E-state index >= 15 is 0 Å². The molecule has 0 bridgehead atoms. The Morgan fingerprint density at radius 2 is 1.95 bits per heavy atom. The molecule has 3 atom stereocenters. The van der Waals surface area contributed by atoms with Gasteiger partial charge >= 0.3 is 0 Å². The van der Waals surface area contributed by atoms with Crippen LogP contribution in [0.1, 0.15) is 72.6 Å². The van der Waals surface area contributed by atoms with Crippen LogP contribution in [0.5, 0.6) is 0 Å². The smallest absolute Gasteiger partial charge is 0.00739 e. The largest absolute Gasteiger partial charge is 0.103 e. The van der Waals surface area contributed by atoms with Gasteiger partial charge in [-0.25, -0.2) is 0 Å². The lowest BCUT2D eigenvalue weighted by molar-refractivity contribution is 0.0305. The highest BCUT2D eigenvalue weighted by Gasteiger charge is 2.51. The number of allylic oxidation sites excluding steroid dienone is 5. The molecule has 0 heterocycles. The zero-order chi connectivity index (χ0) is 15.3. The van der Waals surface area contributed by atoms with E-state index in [-0.39, 0.29) is 0 Å². The lowest BCUT2D eigenvalue weighted by Crippen LogP contribution is -2.46. The highest BCUT2D eigenvalue weighted by atomic mass is 14.5. The third kappa shape index (κ3) is 2.26. The van der Waals surface area contributed by atoms with Crippen molar-refractivity contribution in [1.29, 1.82) is 0 Å². The topological polar surface area (TPSA) is 0 Å². The molecule has 3 aliphatic rings. The predicted molar refractivity (Wildman–Crippen MR) is 92.2 cm³/mol. The van der Waals surface area contributed by atoms with Crippen molar-refractivity contribution in [2.24, 2.45) is 22.7 Å². The summed E-state index contributed by atoms with van der Waals surface area (Å²) in [5.41, 5.74) is 5.99. The molecule has 0 saturated heterocycles. The van der Waals surface area contributed by atoms with Gasteiger partial charge in [-0.05, 0) is 66.8 Å². The monoisotopic (exact) mass is 284 g/mol. The molecule has 1 saturated carbocycles. The van der Waals surface area contributed by atoms with Crippen LogP contribution in [0.2, 0.25) is 0 Å². The number of hydrogen-bond donors (Lipinski definition) is 0. The molecule has 3 unspecified atom stereocenters. The Kier molecular flexibility index (Phi) is 3.71. The van der Waals surface area contributed by atoms with Crippen LogP contribution >= 0.6 is 0 Å². The van der Waals surface area contributed by atoms with Gasteiger partial charge in [0.25, 0.3) is 0 Å². The number of rotatable bonds is 2. The first-order valence-corrected chi connectivity index (χ1v) is 8.97. The van der Waals surface area contributed by atoms with E-state index in [1.54, 1.807) is 11.1 Å². The van der Waals surface area contributed by atoms with Crippen LogP contribution in [-0.2, 0) is 0 Å². The molecular formula is C21H32. The van der Waals surface area contributed by atoms with E-state index < -0.39 is 0 Å². The highest BCUT2D eigenvalue weighted by molar-refractivity contribution is 5.41. The maximum atomic E-state index is 4.19. The summed E-state index contributed by atoms with van der Waals surface area (Å²) < 4.78 is 0. The van der Waals surface area contributed by atoms with Crippen LogP contribution in [0.15, 0.2) is 35.5 Å². The minimum atomic E-state index is 0.355. The molecule has 3 rings (SSSR count). The molecule has 0 aromatic heterocycles. The fraction of sp³-hybridized carbons (Fsp3) is 0.714. The lowest BCUT2D eigenvalue weighted by Gasteiger charge is -2.56. The maximum absolute atomic E-state index is 4.19. The standard InChI is InChI=1S/C21H32/c1-6-20(4)12-7-13-21(5)18-10-8-16(15(2)3)14-17(18)9-11-19(20)21/h6,14-15,19H,1,7-13H2,2-5H3. The molecular weight excluding hydrogens is 252 g/mol. The van der Waals surface area contributed by atoms with Gasteiger partial charge in [-0.3, -0.25) is 0 Å². The first kappa shape index (κ1) is 15.1. The Hall–Kier alpha value is -0.780. The Bertz CT molecular complexity index is 504. The first-order valence-electron chi connectivity index (χ1n) is 8.97. The number of fused-ring (bicyclic) bond motifs is 2. The Morgan fingerprint density at radius 3 is 2.62 bits per heavy atom. The second kappa shape index (κ2) is 5.14. The predicted octanol–water partition coefficient (Wildman–Crippen LogP) is 6.45. The average Bonchev–Trinajstić information content (AvgIpc) is 2.46.